The van der Waals surface area contributed by atoms with E-state index in [1.54, 1.807) is 0 Å². The summed E-state index contributed by atoms with van der Waals surface area (Å²) in [5.41, 5.74) is -0.300. The summed E-state index contributed by atoms with van der Waals surface area (Å²) in [7, 11) is 1.39. The van der Waals surface area contributed by atoms with Gasteiger partial charge in [0.25, 0.3) is 0 Å². The Bertz CT molecular complexity index is 511. The van der Waals surface area contributed by atoms with E-state index in [1.165, 1.54) is 25.3 Å². The summed E-state index contributed by atoms with van der Waals surface area (Å²) in [6.07, 6.45) is 0.495. The van der Waals surface area contributed by atoms with E-state index < -0.39 is 17.0 Å². The molecule has 1 unspecified atom stereocenters. The number of hydrogen-bond acceptors (Lipinski definition) is 5. The summed E-state index contributed by atoms with van der Waals surface area (Å²) >= 11 is 0. The molecular weight excluding hydrogens is 254 g/mol. The Kier molecular flexibility index (Phi) is 3.55. The molecule has 7 nitrogen and oxygen atoms in total. The molecule has 1 atom stereocenters. The normalized spacial score (nSPS) is 15.6. The fraction of sp³-hybridized carbons (Fsp3) is 0.417. The fourth-order valence-electron chi connectivity index (χ4n) is 1.75. The molecule has 1 aliphatic rings. The smallest absolute Gasteiger partial charge is 0.345 e. The number of hydrogen-bond donors (Lipinski definition) is 1. The standard InChI is InChI=1S/C12H13NO6/c1-18-8-4-5-10(9(6-8)13(16)17)19-11(12(14)15)7-2-3-7/h4-7,11H,2-3H2,1H3,(H,14,15). The van der Waals surface area contributed by atoms with Gasteiger partial charge in [-0.1, -0.05) is 0 Å². The van der Waals surface area contributed by atoms with Gasteiger partial charge in [0.15, 0.2) is 11.9 Å². The Morgan fingerprint density at radius 1 is 1.53 bits per heavy atom. The molecule has 0 aliphatic heterocycles. The van der Waals surface area contributed by atoms with Gasteiger partial charge in [-0.15, -0.1) is 0 Å². The molecule has 1 saturated carbocycles. The molecule has 0 aromatic heterocycles. The molecule has 19 heavy (non-hydrogen) atoms. The summed E-state index contributed by atoms with van der Waals surface area (Å²) < 4.78 is 10.2. The van der Waals surface area contributed by atoms with Crippen molar-refractivity contribution in [3.05, 3.63) is 28.3 Å². The van der Waals surface area contributed by atoms with Crippen LogP contribution in [-0.2, 0) is 4.79 Å². The molecular formula is C12H13NO6. The van der Waals surface area contributed by atoms with Gasteiger partial charge in [0.2, 0.25) is 0 Å². The molecule has 0 spiro atoms. The minimum Gasteiger partial charge on any atom is -0.496 e. The number of carboxylic acid groups (broad SMARTS) is 1. The Labute approximate surface area is 108 Å². The van der Waals surface area contributed by atoms with E-state index in [-0.39, 0.29) is 17.4 Å². The van der Waals surface area contributed by atoms with E-state index in [0.29, 0.717) is 5.75 Å². The lowest BCUT2D eigenvalue weighted by atomic mass is 10.2. The molecule has 1 aromatic carbocycles. The largest absolute Gasteiger partial charge is 0.496 e. The summed E-state index contributed by atoms with van der Waals surface area (Å²) in [4.78, 5) is 21.4. The molecule has 0 bridgehead atoms. The van der Waals surface area contributed by atoms with Crippen LogP contribution in [-0.4, -0.2) is 29.2 Å². The summed E-state index contributed by atoms with van der Waals surface area (Å²) in [6, 6.07) is 4.06. The first kappa shape index (κ1) is 13.1. The quantitative estimate of drug-likeness (QED) is 0.623. The highest BCUT2D eigenvalue weighted by Crippen LogP contribution is 2.38. The first-order valence-electron chi connectivity index (χ1n) is 5.75. The number of carboxylic acids is 1. The Balaban J connectivity index is 2.27. The van der Waals surface area contributed by atoms with Crippen molar-refractivity contribution in [1.29, 1.82) is 0 Å². The molecule has 0 amide bonds. The number of nitro groups is 1. The van der Waals surface area contributed by atoms with Gasteiger partial charge < -0.3 is 14.6 Å². The number of methoxy groups -OCH3 is 1. The summed E-state index contributed by atoms with van der Waals surface area (Å²) in [5.74, 6) is -0.908. The van der Waals surface area contributed by atoms with Gasteiger partial charge in [-0.2, -0.15) is 0 Å². The molecule has 1 fully saturated rings. The topological polar surface area (TPSA) is 98.9 Å². The van der Waals surface area contributed by atoms with Gasteiger partial charge in [-0.25, -0.2) is 4.79 Å². The van der Waals surface area contributed by atoms with E-state index in [9.17, 15) is 14.9 Å². The van der Waals surface area contributed by atoms with Gasteiger partial charge in [0, 0.05) is 5.92 Å². The highest BCUT2D eigenvalue weighted by atomic mass is 16.6. The monoisotopic (exact) mass is 267 g/mol. The number of benzene rings is 1. The predicted molar refractivity (Wildman–Crippen MR) is 64.4 cm³/mol. The highest BCUT2D eigenvalue weighted by molar-refractivity contribution is 5.74. The first-order valence-corrected chi connectivity index (χ1v) is 5.75. The number of nitrogens with zero attached hydrogens (tertiary/aromatic N) is 1. The molecule has 0 heterocycles. The molecule has 1 aromatic rings. The third kappa shape index (κ3) is 2.93. The highest BCUT2D eigenvalue weighted by Gasteiger charge is 2.39. The minimum absolute atomic E-state index is 0.0508. The second-order valence-electron chi connectivity index (χ2n) is 4.30. The second-order valence-corrected chi connectivity index (χ2v) is 4.30. The van der Waals surface area contributed by atoms with Gasteiger partial charge >= 0.3 is 11.7 Å². The first-order chi connectivity index (χ1) is 9.02. The van der Waals surface area contributed by atoms with Crippen molar-refractivity contribution in [1.82, 2.24) is 0 Å². The maximum Gasteiger partial charge on any atom is 0.345 e. The molecule has 1 aliphatic carbocycles. The third-order valence-electron chi connectivity index (χ3n) is 2.91. The number of aliphatic carboxylic acids is 1. The maximum atomic E-state index is 11.1. The molecule has 2 rings (SSSR count). The number of rotatable bonds is 6. The lowest BCUT2D eigenvalue weighted by Gasteiger charge is -2.14. The SMILES string of the molecule is COc1ccc(OC(C(=O)O)C2CC2)c([N+](=O)[O-])c1. The van der Waals surface area contributed by atoms with Crippen LogP contribution >= 0.6 is 0 Å². The van der Waals surface area contributed by atoms with Crippen LogP contribution in [0.4, 0.5) is 5.69 Å². The number of nitro benzene ring substituents is 1. The average Bonchev–Trinajstić information content (AvgIpc) is 3.19. The van der Waals surface area contributed by atoms with Crippen LogP contribution in [0.25, 0.3) is 0 Å². The van der Waals surface area contributed by atoms with Gasteiger partial charge in [0.1, 0.15) is 5.75 Å². The Hall–Kier alpha value is -2.31. The Morgan fingerprint density at radius 2 is 2.21 bits per heavy atom. The van der Waals surface area contributed by atoms with Crippen LogP contribution in [0.5, 0.6) is 11.5 Å². The van der Waals surface area contributed by atoms with Crippen LogP contribution in [0.3, 0.4) is 0 Å². The van der Waals surface area contributed by atoms with E-state index in [0.717, 1.165) is 12.8 Å². The van der Waals surface area contributed by atoms with Gasteiger partial charge in [0.05, 0.1) is 18.1 Å². The van der Waals surface area contributed by atoms with E-state index in [1.807, 2.05) is 0 Å². The molecule has 1 N–H and O–H groups in total. The van der Waals surface area contributed by atoms with Crippen LogP contribution < -0.4 is 9.47 Å². The van der Waals surface area contributed by atoms with Crippen molar-refractivity contribution in [3.63, 3.8) is 0 Å². The van der Waals surface area contributed by atoms with E-state index >= 15 is 0 Å². The predicted octanol–water partition coefficient (Wildman–Crippen LogP) is 1.85. The van der Waals surface area contributed by atoms with Crippen molar-refractivity contribution < 1.29 is 24.3 Å². The molecule has 102 valence electrons. The maximum absolute atomic E-state index is 11.1. The van der Waals surface area contributed by atoms with Crippen LogP contribution in [0.1, 0.15) is 12.8 Å². The Morgan fingerprint density at radius 3 is 2.68 bits per heavy atom. The fourth-order valence-corrected chi connectivity index (χ4v) is 1.75. The zero-order valence-corrected chi connectivity index (χ0v) is 10.2. The average molecular weight is 267 g/mol. The number of carbonyl (C=O) groups is 1. The van der Waals surface area contributed by atoms with Crippen molar-refractivity contribution in [2.45, 2.75) is 18.9 Å². The summed E-state index contributed by atoms with van der Waals surface area (Å²) in [6.45, 7) is 0. The lowest BCUT2D eigenvalue weighted by molar-refractivity contribution is -0.386. The van der Waals surface area contributed by atoms with Crippen molar-refractivity contribution in [2.24, 2.45) is 5.92 Å². The van der Waals surface area contributed by atoms with Crippen molar-refractivity contribution >= 4 is 11.7 Å². The minimum atomic E-state index is -1.10. The zero-order valence-electron chi connectivity index (χ0n) is 10.2. The van der Waals surface area contributed by atoms with Gasteiger partial charge in [-0.3, -0.25) is 10.1 Å². The van der Waals surface area contributed by atoms with E-state index in [2.05, 4.69) is 0 Å². The van der Waals surface area contributed by atoms with E-state index in [4.69, 9.17) is 14.6 Å². The van der Waals surface area contributed by atoms with Gasteiger partial charge in [-0.05, 0) is 25.0 Å². The van der Waals surface area contributed by atoms with Crippen LogP contribution in [0, 0.1) is 16.0 Å². The molecule has 0 saturated heterocycles. The molecule has 7 heteroatoms. The van der Waals surface area contributed by atoms with Crippen LogP contribution in [0.15, 0.2) is 18.2 Å². The number of ether oxygens (including phenoxy) is 2. The lowest BCUT2D eigenvalue weighted by Crippen LogP contribution is -2.29. The zero-order chi connectivity index (χ0) is 14.0. The third-order valence-corrected chi connectivity index (χ3v) is 2.91. The van der Waals surface area contributed by atoms with Crippen molar-refractivity contribution in [3.8, 4) is 11.5 Å². The van der Waals surface area contributed by atoms with Crippen molar-refractivity contribution in [2.75, 3.05) is 7.11 Å². The van der Waals surface area contributed by atoms with Crippen LogP contribution in [0.2, 0.25) is 0 Å². The second kappa shape index (κ2) is 5.13. The summed E-state index contributed by atoms with van der Waals surface area (Å²) in [5, 5.41) is 20.0. The molecule has 0 radical (unpaired) electrons.